The Balaban J connectivity index is 2.32. The molecule has 0 aliphatic heterocycles. The van der Waals surface area contributed by atoms with Crippen molar-refractivity contribution in [3.63, 3.8) is 0 Å². The summed E-state index contributed by atoms with van der Waals surface area (Å²) in [6.45, 7) is 0. The molecule has 4 heteroatoms. The average molecular weight is 160 g/mol. The van der Waals surface area contributed by atoms with Crippen LogP contribution in [0.1, 0.15) is 24.5 Å². The van der Waals surface area contributed by atoms with Crippen molar-refractivity contribution in [2.24, 2.45) is 0 Å². The van der Waals surface area contributed by atoms with E-state index in [-0.39, 0.29) is 0 Å². The minimum atomic E-state index is 0.660. The monoisotopic (exact) mass is 160 g/mol. The van der Waals surface area contributed by atoms with Crippen molar-refractivity contribution in [1.29, 1.82) is 0 Å². The molecule has 0 bridgehead atoms. The minimum absolute atomic E-state index is 0.660. The van der Waals surface area contributed by atoms with Crippen LogP contribution in [0.4, 0.5) is 0 Å². The molecule has 60 valence electrons. The fourth-order valence-electron chi connectivity index (χ4n) is 1.47. The number of nitrogens with one attached hydrogen (secondary N) is 1. The predicted molar refractivity (Wildman–Crippen MR) is 43.7 cm³/mol. The zero-order chi connectivity index (χ0) is 7.97. The fourth-order valence-corrected chi connectivity index (χ4v) is 1.47. The van der Waals surface area contributed by atoms with Gasteiger partial charge in [0.15, 0.2) is 5.65 Å². The zero-order valence-corrected chi connectivity index (χ0v) is 6.49. The summed E-state index contributed by atoms with van der Waals surface area (Å²) in [7, 11) is 0. The molecule has 0 aromatic carbocycles. The maximum absolute atomic E-state index is 4.27. The van der Waals surface area contributed by atoms with E-state index in [2.05, 4.69) is 20.2 Å². The molecule has 0 spiro atoms. The lowest BCUT2D eigenvalue weighted by molar-refractivity contribution is 1.01. The van der Waals surface area contributed by atoms with Crippen LogP contribution in [-0.4, -0.2) is 20.2 Å². The van der Waals surface area contributed by atoms with E-state index >= 15 is 0 Å². The Morgan fingerprint density at radius 1 is 1.33 bits per heavy atom. The molecule has 0 saturated heterocycles. The Morgan fingerprint density at radius 3 is 3.08 bits per heavy atom. The fraction of sp³-hybridized carbons (Fsp3) is 0.375. The average Bonchev–Trinajstić information content (AvgIpc) is 2.82. The third-order valence-corrected chi connectivity index (χ3v) is 2.24. The van der Waals surface area contributed by atoms with Crippen molar-refractivity contribution in [3.05, 3.63) is 18.2 Å². The highest BCUT2D eigenvalue weighted by molar-refractivity contribution is 5.77. The Labute approximate surface area is 69.0 Å². The van der Waals surface area contributed by atoms with E-state index in [4.69, 9.17) is 0 Å². The van der Waals surface area contributed by atoms with Crippen molar-refractivity contribution in [2.75, 3.05) is 0 Å². The van der Waals surface area contributed by atoms with Gasteiger partial charge in [0, 0.05) is 5.92 Å². The first-order chi connectivity index (χ1) is 5.95. The molecule has 0 radical (unpaired) electrons. The molecule has 1 N–H and O–H groups in total. The maximum Gasteiger partial charge on any atom is 0.158 e. The normalized spacial score (nSPS) is 17.0. The summed E-state index contributed by atoms with van der Waals surface area (Å²) >= 11 is 0. The molecular weight excluding hydrogens is 152 g/mol. The molecule has 2 aromatic rings. The summed E-state index contributed by atoms with van der Waals surface area (Å²) in [5, 5.41) is 7.87. The lowest BCUT2D eigenvalue weighted by Crippen LogP contribution is -1.88. The van der Waals surface area contributed by atoms with Crippen LogP contribution in [0.3, 0.4) is 0 Å². The summed E-state index contributed by atoms with van der Waals surface area (Å²) in [5.74, 6) is 0.660. The second-order valence-electron chi connectivity index (χ2n) is 3.17. The summed E-state index contributed by atoms with van der Waals surface area (Å²) in [5.41, 5.74) is 2.01. The highest BCUT2D eigenvalue weighted by Gasteiger charge is 2.27. The first-order valence-electron chi connectivity index (χ1n) is 4.09. The summed E-state index contributed by atoms with van der Waals surface area (Å²) in [6.07, 6.45) is 5.94. The van der Waals surface area contributed by atoms with Crippen LogP contribution in [0.5, 0.6) is 0 Å². The van der Waals surface area contributed by atoms with E-state index in [1.165, 1.54) is 12.8 Å². The minimum Gasteiger partial charge on any atom is -0.261 e. The third kappa shape index (κ3) is 0.747. The Bertz CT molecular complexity index is 416. The van der Waals surface area contributed by atoms with Crippen LogP contribution in [0.15, 0.2) is 12.5 Å². The topological polar surface area (TPSA) is 54.5 Å². The van der Waals surface area contributed by atoms with Crippen molar-refractivity contribution in [1.82, 2.24) is 20.2 Å². The lowest BCUT2D eigenvalue weighted by Gasteiger charge is -1.95. The van der Waals surface area contributed by atoms with Gasteiger partial charge in [0.2, 0.25) is 0 Å². The van der Waals surface area contributed by atoms with Gasteiger partial charge < -0.3 is 0 Å². The van der Waals surface area contributed by atoms with Gasteiger partial charge in [-0.05, 0) is 12.8 Å². The van der Waals surface area contributed by atoms with Gasteiger partial charge in [0.05, 0.1) is 17.3 Å². The molecule has 3 rings (SSSR count). The molecule has 2 aromatic heterocycles. The maximum atomic E-state index is 4.27. The molecule has 12 heavy (non-hydrogen) atoms. The van der Waals surface area contributed by atoms with Crippen LogP contribution in [0.25, 0.3) is 11.0 Å². The first-order valence-corrected chi connectivity index (χ1v) is 4.09. The molecule has 4 nitrogen and oxygen atoms in total. The van der Waals surface area contributed by atoms with E-state index in [1.54, 1.807) is 6.33 Å². The highest BCUT2D eigenvalue weighted by Crippen LogP contribution is 2.40. The number of aromatic amines is 1. The number of H-pyrrole nitrogens is 1. The van der Waals surface area contributed by atoms with Gasteiger partial charge >= 0.3 is 0 Å². The van der Waals surface area contributed by atoms with Crippen molar-refractivity contribution in [3.8, 4) is 0 Å². The first kappa shape index (κ1) is 6.11. The molecule has 1 aliphatic carbocycles. The van der Waals surface area contributed by atoms with Crippen LogP contribution in [0, 0.1) is 0 Å². The molecule has 1 saturated carbocycles. The van der Waals surface area contributed by atoms with Gasteiger partial charge in [0.25, 0.3) is 0 Å². The molecule has 0 unspecified atom stereocenters. The Hall–Kier alpha value is -1.45. The van der Waals surface area contributed by atoms with Crippen molar-refractivity contribution < 1.29 is 0 Å². The number of fused-ring (bicyclic) bond motifs is 1. The van der Waals surface area contributed by atoms with Crippen molar-refractivity contribution >= 4 is 11.0 Å². The van der Waals surface area contributed by atoms with E-state index in [0.717, 1.165) is 16.7 Å². The predicted octanol–water partition coefficient (Wildman–Crippen LogP) is 1.23. The van der Waals surface area contributed by atoms with Crippen LogP contribution < -0.4 is 0 Å². The van der Waals surface area contributed by atoms with Crippen LogP contribution in [0.2, 0.25) is 0 Å². The van der Waals surface area contributed by atoms with Gasteiger partial charge in [-0.2, -0.15) is 5.10 Å². The smallest absolute Gasteiger partial charge is 0.158 e. The summed E-state index contributed by atoms with van der Waals surface area (Å²) < 4.78 is 0. The molecule has 1 aliphatic rings. The Kier molecular flexibility index (Phi) is 1.03. The second kappa shape index (κ2) is 2.03. The number of hydrogen-bond acceptors (Lipinski definition) is 3. The summed E-state index contributed by atoms with van der Waals surface area (Å²) in [6, 6.07) is 0. The largest absolute Gasteiger partial charge is 0.261 e. The molecule has 0 amide bonds. The second-order valence-corrected chi connectivity index (χ2v) is 3.17. The quantitative estimate of drug-likeness (QED) is 0.682. The number of nitrogens with zero attached hydrogens (tertiary/aromatic N) is 3. The van der Waals surface area contributed by atoms with E-state index < -0.39 is 0 Å². The molecule has 1 fully saturated rings. The number of aromatic nitrogens is 4. The molecule has 0 atom stereocenters. The number of hydrogen-bond donors (Lipinski definition) is 1. The van der Waals surface area contributed by atoms with Gasteiger partial charge in [-0.15, -0.1) is 0 Å². The van der Waals surface area contributed by atoms with Gasteiger partial charge in [0.1, 0.15) is 6.33 Å². The van der Waals surface area contributed by atoms with Gasteiger partial charge in [-0.25, -0.2) is 9.97 Å². The van der Waals surface area contributed by atoms with E-state index in [9.17, 15) is 0 Å². The third-order valence-electron chi connectivity index (χ3n) is 2.24. The van der Waals surface area contributed by atoms with Crippen molar-refractivity contribution in [2.45, 2.75) is 18.8 Å². The standard InChI is InChI=1S/C8H8N4/c1-2-5(1)7-6-3-11-12-8(6)10-4-9-7/h3-5H,1-2H2,(H,9,10,11,12). The highest BCUT2D eigenvalue weighted by atomic mass is 15.1. The molecular formula is C8H8N4. The SMILES string of the molecule is c1nc(C2CC2)c2cn[nH]c2n1. The number of rotatable bonds is 1. The zero-order valence-electron chi connectivity index (χ0n) is 6.49. The van der Waals surface area contributed by atoms with Crippen LogP contribution >= 0.6 is 0 Å². The summed E-state index contributed by atoms with van der Waals surface area (Å²) in [4.78, 5) is 8.35. The van der Waals surface area contributed by atoms with E-state index in [0.29, 0.717) is 5.92 Å². The van der Waals surface area contributed by atoms with E-state index in [1.807, 2.05) is 6.20 Å². The Morgan fingerprint density at radius 2 is 2.25 bits per heavy atom. The van der Waals surface area contributed by atoms with Gasteiger partial charge in [-0.1, -0.05) is 0 Å². The van der Waals surface area contributed by atoms with Crippen LogP contribution in [-0.2, 0) is 0 Å². The van der Waals surface area contributed by atoms with Gasteiger partial charge in [-0.3, -0.25) is 5.10 Å². The molecule has 2 heterocycles. The lowest BCUT2D eigenvalue weighted by atomic mass is 10.2.